The third-order valence-electron chi connectivity index (χ3n) is 2.72. The van der Waals surface area contributed by atoms with Gasteiger partial charge in [-0.1, -0.05) is 17.7 Å². The molecule has 0 fully saturated rings. The Morgan fingerprint density at radius 1 is 1.33 bits per heavy atom. The lowest BCUT2D eigenvalue weighted by atomic mass is 10.2. The van der Waals surface area contributed by atoms with Gasteiger partial charge >= 0.3 is 0 Å². The summed E-state index contributed by atoms with van der Waals surface area (Å²) in [5, 5.41) is 3.34. The van der Waals surface area contributed by atoms with Crippen molar-refractivity contribution in [1.29, 1.82) is 0 Å². The van der Waals surface area contributed by atoms with Gasteiger partial charge in [0.05, 0.1) is 4.47 Å². The average Bonchev–Trinajstić information content (AvgIpc) is 2.41. The summed E-state index contributed by atoms with van der Waals surface area (Å²) in [7, 11) is 0. The fourth-order valence-electron chi connectivity index (χ4n) is 1.68. The van der Waals surface area contributed by atoms with Crippen LogP contribution in [-0.4, -0.2) is 12.0 Å². The molecule has 0 saturated heterocycles. The fourth-order valence-corrected chi connectivity index (χ4v) is 2.45. The van der Waals surface area contributed by atoms with Gasteiger partial charge in [-0.25, -0.2) is 0 Å². The second-order valence-electron chi connectivity index (χ2n) is 4.45. The summed E-state index contributed by atoms with van der Waals surface area (Å²) in [5.74, 6) is 0.289. The highest BCUT2D eigenvalue weighted by Gasteiger charge is 2.16. The molecule has 0 spiro atoms. The van der Waals surface area contributed by atoms with Crippen molar-refractivity contribution in [3.05, 3.63) is 52.0 Å². The number of rotatable bonds is 4. The largest absolute Gasteiger partial charge is 0.480 e. The van der Waals surface area contributed by atoms with E-state index in [4.69, 9.17) is 22.1 Å². The molecule has 0 radical (unpaired) electrons. The molecule has 21 heavy (non-hydrogen) atoms. The molecule has 6 heteroatoms. The van der Waals surface area contributed by atoms with E-state index in [1.54, 1.807) is 49.4 Å². The molecule has 1 amide bonds. The number of hydrogen-bond acceptors (Lipinski definition) is 3. The van der Waals surface area contributed by atoms with E-state index in [0.717, 1.165) is 0 Å². The Balaban J connectivity index is 2.02. The number of carbonyl (C=O) groups is 1. The van der Waals surface area contributed by atoms with Crippen molar-refractivity contribution in [3.63, 3.8) is 0 Å². The summed E-state index contributed by atoms with van der Waals surface area (Å²) < 4.78 is 6.31. The molecule has 3 N–H and O–H groups in total. The molecule has 0 aromatic heterocycles. The van der Waals surface area contributed by atoms with Crippen molar-refractivity contribution in [1.82, 2.24) is 0 Å². The Morgan fingerprint density at radius 3 is 2.76 bits per heavy atom. The van der Waals surface area contributed by atoms with Crippen LogP contribution in [0, 0.1) is 0 Å². The highest BCUT2D eigenvalue weighted by atomic mass is 79.9. The first kappa shape index (κ1) is 15.7. The topological polar surface area (TPSA) is 64.3 Å². The molecular weight excluding hydrogens is 356 g/mol. The summed E-state index contributed by atoms with van der Waals surface area (Å²) in [4.78, 5) is 12.1. The van der Waals surface area contributed by atoms with E-state index in [1.165, 1.54) is 0 Å². The second-order valence-corrected chi connectivity index (χ2v) is 5.74. The number of nitrogen functional groups attached to an aromatic ring is 1. The van der Waals surface area contributed by atoms with E-state index >= 15 is 0 Å². The normalized spacial score (nSPS) is 11.8. The molecule has 2 aromatic rings. The molecule has 0 bridgehead atoms. The van der Waals surface area contributed by atoms with E-state index in [1.807, 2.05) is 0 Å². The van der Waals surface area contributed by atoms with E-state index in [9.17, 15) is 4.79 Å². The lowest BCUT2D eigenvalue weighted by Crippen LogP contribution is -2.30. The number of carbonyl (C=O) groups excluding carboxylic acids is 1. The van der Waals surface area contributed by atoms with Gasteiger partial charge in [-0.3, -0.25) is 4.79 Å². The maximum absolute atomic E-state index is 12.1. The lowest BCUT2D eigenvalue weighted by Gasteiger charge is -2.16. The van der Waals surface area contributed by atoms with Crippen LogP contribution in [0.2, 0.25) is 5.02 Å². The average molecular weight is 370 g/mol. The Bertz CT molecular complexity index is 664. The third-order valence-corrected chi connectivity index (χ3v) is 3.58. The summed E-state index contributed by atoms with van der Waals surface area (Å²) >= 11 is 9.20. The standard InChI is InChI=1S/C15H14BrClN2O2/c1-9(21-14-6-5-10(17)7-13(14)16)15(20)19-12-4-2-3-11(18)8-12/h2-9H,18H2,1H3,(H,19,20). The SMILES string of the molecule is CC(Oc1ccc(Cl)cc1Br)C(=O)Nc1cccc(N)c1. The predicted octanol–water partition coefficient (Wildman–Crippen LogP) is 4.09. The Kier molecular flexibility index (Phi) is 5.09. The van der Waals surface area contributed by atoms with Gasteiger partial charge in [-0.2, -0.15) is 0 Å². The third kappa shape index (κ3) is 4.37. The van der Waals surface area contributed by atoms with Crippen LogP contribution >= 0.6 is 27.5 Å². The summed E-state index contributed by atoms with van der Waals surface area (Å²) in [6.07, 6.45) is -0.663. The highest BCUT2D eigenvalue weighted by molar-refractivity contribution is 9.10. The zero-order valence-corrected chi connectivity index (χ0v) is 13.6. The molecule has 1 unspecified atom stereocenters. The number of benzene rings is 2. The lowest BCUT2D eigenvalue weighted by molar-refractivity contribution is -0.122. The number of ether oxygens (including phenoxy) is 1. The number of hydrogen-bond donors (Lipinski definition) is 2. The zero-order chi connectivity index (χ0) is 15.4. The first-order chi connectivity index (χ1) is 9.95. The van der Waals surface area contributed by atoms with Crippen molar-refractivity contribution in [2.24, 2.45) is 0 Å². The molecule has 1 atom stereocenters. The van der Waals surface area contributed by atoms with E-state index in [-0.39, 0.29) is 5.91 Å². The van der Waals surface area contributed by atoms with Crippen LogP contribution in [0.25, 0.3) is 0 Å². The second kappa shape index (κ2) is 6.83. The van der Waals surface area contributed by atoms with Crippen LogP contribution in [0.1, 0.15) is 6.92 Å². The Labute approximate surface area is 136 Å². The number of nitrogens with two attached hydrogens (primary N) is 1. The maximum atomic E-state index is 12.1. The van der Waals surface area contributed by atoms with Gasteiger partial charge in [0, 0.05) is 16.4 Å². The highest BCUT2D eigenvalue weighted by Crippen LogP contribution is 2.28. The van der Waals surface area contributed by atoms with Crippen molar-refractivity contribution < 1.29 is 9.53 Å². The molecule has 110 valence electrons. The monoisotopic (exact) mass is 368 g/mol. The maximum Gasteiger partial charge on any atom is 0.265 e. The van der Waals surface area contributed by atoms with Gasteiger partial charge in [0.15, 0.2) is 6.10 Å². The van der Waals surface area contributed by atoms with Gasteiger partial charge in [0.1, 0.15) is 5.75 Å². The summed E-state index contributed by atoms with van der Waals surface area (Å²) in [5.41, 5.74) is 6.88. The molecule has 2 rings (SSSR count). The number of halogens is 2. The van der Waals surface area contributed by atoms with E-state index < -0.39 is 6.10 Å². The quantitative estimate of drug-likeness (QED) is 0.798. The summed E-state index contributed by atoms with van der Waals surface area (Å²) in [6, 6.07) is 12.1. The minimum absolute atomic E-state index is 0.262. The van der Waals surface area contributed by atoms with Gasteiger partial charge in [-0.15, -0.1) is 0 Å². The van der Waals surface area contributed by atoms with Gasteiger partial charge < -0.3 is 15.8 Å². The Morgan fingerprint density at radius 2 is 2.10 bits per heavy atom. The Hall–Kier alpha value is -1.72. The van der Waals surface area contributed by atoms with Crippen LogP contribution in [-0.2, 0) is 4.79 Å². The van der Waals surface area contributed by atoms with Crippen molar-refractivity contribution >= 4 is 44.8 Å². The molecule has 0 heterocycles. The van der Waals surface area contributed by atoms with Crippen molar-refractivity contribution in [2.75, 3.05) is 11.1 Å². The van der Waals surface area contributed by atoms with Crippen LogP contribution in [0.15, 0.2) is 46.9 Å². The first-order valence-electron chi connectivity index (χ1n) is 6.24. The van der Waals surface area contributed by atoms with E-state index in [2.05, 4.69) is 21.2 Å². The first-order valence-corrected chi connectivity index (χ1v) is 7.41. The van der Waals surface area contributed by atoms with Crippen LogP contribution in [0.4, 0.5) is 11.4 Å². The number of amides is 1. The molecule has 2 aromatic carbocycles. The van der Waals surface area contributed by atoms with Crippen molar-refractivity contribution in [3.8, 4) is 5.75 Å². The van der Waals surface area contributed by atoms with Gasteiger partial charge in [-0.05, 0) is 59.3 Å². The van der Waals surface area contributed by atoms with Gasteiger partial charge in [0.25, 0.3) is 5.91 Å². The molecule has 4 nitrogen and oxygen atoms in total. The fraction of sp³-hybridized carbons (Fsp3) is 0.133. The minimum Gasteiger partial charge on any atom is -0.480 e. The van der Waals surface area contributed by atoms with Crippen LogP contribution < -0.4 is 15.8 Å². The molecule has 0 saturated carbocycles. The van der Waals surface area contributed by atoms with Crippen molar-refractivity contribution in [2.45, 2.75) is 13.0 Å². The smallest absolute Gasteiger partial charge is 0.265 e. The zero-order valence-electron chi connectivity index (χ0n) is 11.3. The molecule has 0 aliphatic heterocycles. The van der Waals surface area contributed by atoms with Gasteiger partial charge in [0.2, 0.25) is 0 Å². The minimum atomic E-state index is -0.663. The predicted molar refractivity (Wildman–Crippen MR) is 88.7 cm³/mol. The molecular formula is C15H14BrClN2O2. The van der Waals surface area contributed by atoms with E-state index in [0.29, 0.717) is 26.6 Å². The van der Waals surface area contributed by atoms with Crippen LogP contribution in [0.5, 0.6) is 5.75 Å². The molecule has 0 aliphatic carbocycles. The molecule has 0 aliphatic rings. The van der Waals surface area contributed by atoms with Crippen LogP contribution in [0.3, 0.4) is 0 Å². The number of anilines is 2. The summed E-state index contributed by atoms with van der Waals surface area (Å²) in [6.45, 7) is 1.67. The number of nitrogens with one attached hydrogen (secondary N) is 1.